The number of nitrogens with zero attached hydrogens (tertiary/aromatic N) is 3. The Labute approximate surface area is 182 Å². The molecule has 0 spiro atoms. The van der Waals surface area contributed by atoms with Crippen molar-refractivity contribution < 1.29 is 27.6 Å². The van der Waals surface area contributed by atoms with Crippen molar-refractivity contribution in [3.63, 3.8) is 0 Å². The summed E-state index contributed by atoms with van der Waals surface area (Å²) in [6.07, 6.45) is -4.51. The van der Waals surface area contributed by atoms with E-state index < -0.39 is 40.8 Å². The van der Waals surface area contributed by atoms with Crippen LogP contribution in [0.5, 0.6) is 0 Å². The third-order valence-corrected chi connectivity index (χ3v) is 6.22. The molecular formula is C23H20F3N3O3. The van der Waals surface area contributed by atoms with Crippen LogP contribution in [-0.2, 0) is 20.6 Å². The molecule has 0 saturated carbocycles. The summed E-state index contributed by atoms with van der Waals surface area (Å²) in [7, 11) is 0. The van der Waals surface area contributed by atoms with Crippen LogP contribution in [0.1, 0.15) is 32.3 Å². The first-order valence-electron chi connectivity index (χ1n) is 10.1. The third-order valence-electron chi connectivity index (χ3n) is 6.22. The Morgan fingerprint density at radius 1 is 1.00 bits per heavy atom. The number of alkyl halides is 3. The monoisotopic (exact) mass is 443 g/mol. The van der Waals surface area contributed by atoms with Crippen LogP contribution in [0, 0.1) is 11.3 Å². The molecule has 2 aromatic carbocycles. The molecular weight excluding hydrogens is 423 g/mol. The van der Waals surface area contributed by atoms with E-state index in [4.69, 9.17) is 0 Å². The van der Waals surface area contributed by atoms with E-state index in [9.17, 15) is 27.6 Å². The summed E-state index contributed by atoms with van der Waals surface area (Å²) in [6.45, 7) is 3.41. The van der Waals surface area contributed by atoms with Crippen LogP contribution in [0.3, 0.4) is 0 Å². The zero-order valence-electron chi connectivity index (χ0n) is 17.4. The topological polar surface area (TPSA) is 70.1 Å². The minimum atomic E-state index is -4.53. The highest BCUT2D eigenvalue weighted by atomic mass is 19.4. The van der Waals surface area contributed by atoms with Crippen LogP contribution in [-0.4, -0.2) is 23.4 Å². The predicted molar refractivity (Wildman–Crippen MR) is 112 cm³/mol. The Bertz CT molecular complexity index is 1110. The Kier molecular flexibility index (Phi) is 5.15. The number of benzene rings is 2. The molecule has 32 heavy (non-hydrogen) atoms. The average molecular weight is 443 g/mol. The Morgan fingerprint density at radius 2 is 1.62 bits per heavy atom. The van der Waals surface area contributed by atoms with Gasteiger partial charge in [0.2, 0.25) is 11.8 Å². The number of halogens is 3. The lowest BCUT2D eigenvalue weighted by Crippen LogP contribution is -2.47. The van der Waals surface area contributed by atoms with Crippen LogP contribution >= 0.6 is 0 Å². The number of anilines is 2. The summed E-state index contributed by atoms with van der Waals surface area (Å²) in [5.74, 6) is -2.57. The van der Waals surface area contributed by atoms with Crippen molar-refractivity contribution in [3.05, 3.63) is 60.2 Å². The molecule has 2 aliphatic heterocycles. The van der Waals surface area contributed by atoms with Gasteiger partial charge in [0.25, 0.3) is 5.91 Å². The number of rotatable bonds is 4. The number of carbonyl (C=O) groups is 3. The van der Waals surface area contributed by atoms with Gasteiger partial charge < -0.3 is 0 Å². The first-order chi connectivity index (χ1) is 15.1. The van der Waals surface area contributed by atoms with Gasteiger partial charge in [-0.2, -0.15) is 23.3 Å². The summed E-state index contributed by atoms with van der Waals surface area (Å²) in [4.78, 5) is 40.5. The number of para-hydroxylation sites is 1. The van der Waals surface area contributed by atoms with Gasteiger partial charge in [0.1, 0.15) is 5.41 Å². The molecule has 0 aliphatic carbocycles. The second-order valence-corrected chi connectivity index (χ2v) is 7.83. The zero-order valence-corrected chi connectivity index (χ0v) is 17.4. The van der Waals surface area contributed by atoms with Crippen LogP contribution in [0.25, 0.3) is 0 Å². The molecule has 3 amide bonds. The third kappa shape index (κ3) is 3.19. The normalized spacial score (nSPS) is 23.8. The van der Waals surface area contributed by atoms with Crippen molar-refractivity contribution >= 4 is 34.8 Å². The van der Waals surface area contributed by atoms with Gasteiger partial charge in [0.15, 0.2) is 0 Å². The zero-order chi connectivity index (χ0) is 23.3. The molecule has 166 valence electrons. The molecule has 2 aromatic rings. The van der Waals surface area contributed by atoms with E-state index >= 15 is 0 Å². The maximum Gasteiger partial charge on any atom is 0.416 e. The Morgan fingerprint density at radius 3 is 2.19 bits per heavy atom. The fourth-order valence-corrected chi connectivity index (χ4v) is 4.51. The standard InChI is InChI=1S/C23H20F3N3O3/c1-3-22(14(2)27-29(21(22)32)17-7-5-4-6-8-17)18-13-19(30)28(20(18)31)16-11-9-15(10-12-16)23(24,25)26/h4-12,18H,3,13H2,1-2H3. The number of hydrogen-bond donors (Lipinski definition) is 0. The Balaban J connectivity index is 1.68. The minimum Gasteiger partial charge on any atom is -0.274 e. The molecule has 6 nitrogen and oxygen atoms in total. The molecule has 0 radical (unpaired) electrons. The van der Waals surface area contributed by atoms with Crippen molar-refractivity contribution in [2.45, 2.75) is 32.9 Å². The van der Waals surface area contributed by atoms with E-state index in [1.165, 1.54) is 5.01 Å². The molecule has 4 rings (SSSR count). The molecule has 0 bridgehead atoms. The first kappa shape index (κ1) is 21.7. The fourth-order valence-electron chi connectivity index (χ4n) is 4.51. The number of amides is 3. The summed E-state index contributed by atoms with van der Waals surface area (Å²) >= 11 is 0. The van der Waals surface area contributed by atoms with Crippen molar-refractivity contribution in [3.8, 4) is 0 Å². The highest BCUT2D eigenvalue weighted by Gasteiger charge is 2.60. The second-order valence-electron chi connectivity index (χ2n) is 7.83. The quantitative estimate of drug-likeness (QED) is 0.658. The average Bonchev–Trinajstić information content (AvgIpc) is 3.20. The van der Waals surface area contributed by atoms with Crippen LogP contribution < -0.4 is 9.91 Å². The van der Waals surface area contributed by atoms with E-state index in [0.29, 0.717) is 11.4 Å². The lowest BCUT2D eigenvalue weighted by Gasteiger charge is -2.31. The van der Waals surface area contributed by atoms with Gasteiger partial charge in [0, 0.05) is 6.42 Å². The van der Waals surface area contributed by atoms with Gasteiger partial charge in [-0.05, 0) is 49.7 Å². The van der Waals surface area contributed by atoms with E-state index in [-0.39, 0.29) is 18.5 Å². The molecule has 0 aromatic heterocycles. The lowest BCUT2D eigenvalue weighted by molar-refractivity contribution is -0.137. The molecule has 2 aliphatic rings. The maximum atomic E-state index is 13.5. The van der Waals surface area contributed by atoms with E-state index in [1.54, 1.807) is 44.2 Å². The van der Waals surface area contributed by atoms with Crippen molar-refractivity contribution in [2.24, 2.45) is 16.4 Å². The number of imide groups is 1. The van der Waals surface area contributed by atoms with Crippen molar-refractivity contribution in [1.82, 2.24) is 0 Å². The SMILES string of the molecule is CCC1(C2CC(=O)N(c3ccc(C(F)(F)F)cc3)C2=O)C(=O)N(c2ccccc2)N=C1C. The molecule has 9 heteroatoms. The van der Waals surface area contributed by atoms with Gasteiger partial charge in [-0.25, -0.2) is 0 Å². The Hall–Kier alpha value is -3.49. The predicted octanol–water partition coefficient (Wildman–Crippen LogP) is 4.40. The van der Waals surface area contributed by atoms with Gasteiger partial charge in [-0.1, -0.05) is 25.1 Å². The smallest absolute Gasteiger partial charge is 0.274 e. The largest absolute Gasteiger partial charge is 0.416 e. The van der Waals surface area contributed by atoms with Gasteiger partial charge in [0.05, 0.1) is 28.6 Å². The van der Waals surface area contributed by atoms with Crippen LogP contribution in [0.4, 0.5) is 24.5 Å². The molecule has 2 atom stereocenters. The van der Waals surface area contributed by atoms with Crippen LogP contribution in [0.15, 0.2) is 59.7 Å². The molecule has 0 N–H and O–H groups in total. The van der Waals surface area contributed by atoms with Gasteiger partial charge >= 0.3 is 6.18 Å². The summed E-state index contributed by atoms with van der Waals surface area (Å²) in [5.41, 5.74) is -1.17. The maximum absolute atomic E-state index is 13.5. The van der Waals surface area contributed by atoms with Gasteiger partial charge in [-0.3, -0.25) is 19.3 Å². The van der Waals surface area contributed by atoms with Crippen molar-refractivity contribution in [2.75, 3.05) is 9.91 Å². The summed E-state index contributed by atoms with van der Waals surface area (Å²) < 4.78 is 38.6. The molecule has 1 fully saturated rings. The first-order valence-corrected chi connectivity index (χ1v) is 10.1. The van der Waals surface area contributed by atoms with Gasteiger partial charge in [-0.15, -0.1) is 0 Å². The minimum absolute atomic E-state index is 0.0432. The number of hydrogen-bond acceptors (Lipinski definition) is 4. The molecule has 1 saturated heterocycles. The van der Waals surface area contributed by atoms with E-state index in [1.807, 2.05) is 0 Å². The highest BCUT2D eigenvalue weighted by Crippen LogP contribution is 2.47. The second kappa shape index (κ2) is 7.58. The molecule has 2 unspecified atom stereocenters. The molecule has 2 heterocycles. The van der Waals surface area contributed by atoms with Crippen LogP contribution in [0.2, 0.25) is 0 Å². The summed E-state index contributed by atoms with van der Waals surface area (Å²) in [6, 6.07) is 12.6. The summed E-state index contributed by atoms with van der Waals surface area (Å²) in [5, 5.41) is 5.65. The van der Waals surface area contributed by atoms with E-state index in [2.05, 4.69) is 5.10 Å². The van der Waals surface area contributed by atoms with E-state index in [0.717, 1.165) is 29.2 Å². The lowest BCUT2D eigenvalue weighted by atomic mass is 9.69. The fraction of sp³-hybridized carbons (Fsp3) is 0.304. The highest BCUT2D eigenvalue weighted by molar-refractivity contribution is 6.27. The number of carbonyl (C=O) groups excluding carboxylic acids is 3. The van der Waals surface area contributed by atoms with Crippen molar-refractivity contribution in [1.29, 1.82) is 0 Å². The number of hydrazone groups is 1.